The number of nitrogens with zero attached hydrogens (tertiary/aromatic N) is 2. The van der Waals surface area contributed by atoms with E-state index in [1.165, 1.54) is 18.6 Å². The molecular formula is C13H8F2N4O. The van der Waals surface area contributed by atoms with Gasteiger partial charge in [0.1, 0.15) is 0 Å². The van der Waals surface area contributed by atoms with Gasteiger partial charge in [0.15, 0.2) is 17.3 Å². The highest BCUT2D eigenvalue weighted by atomic mass is 19.2. The van der Waals surface area contributed by atoms with Gasteiger partial charge in [-0.05, 0) is 18.2 Å². The van der Waals surface area contributed by atoms with E-state index in [1.54, 1.807) is 6.07 Å². The van der Waals surface area contributed by atoms with Crippen LogP contribution in [0.1, 0.15) is 10.4 Å². The first-order valence-corrected chi connectivity index (χ1v) is 5.69. The van der Waals surface area contributed by atoms with Crippen LogP contribution in [0.5, 0.6) is 0 Å². The normalized spacial score (nSPS) is 10.7. The van der Waals surface area contributed by atoms with Gasteiger partial charge in [0.05, 0.1) is 17.4 Å². The second-order valence-corrected chi connectivity index (χ2v) is 4.08. The Bertz CT molecular complexity index is 800. The number of halogens is 2. The number of hydrogen-bond acceptors (Lipinski definition) is 3. The van der Waals surface area contributed by atoms with Gasteiger partial charge >= 0.3 is 0 Å². The summed E-state index contributed by atoms with van der Waals surface area (Å²) in [6.07, 6.45) is 2.83. The van der Waals surface area contributed by atoms with Crippen molar-refractivity contribution in [2.24, 2.45) is 0 Å². The Hall–Kier alpha value is -2.83. The van der Waals surface area contributed by atoms with Gasteiger partial charge < -0.3 is 10.3 Å². The number of pyridine rings is 1. The molecule has 0 bridgehead atoms. The van der Waals surface area contributed by atoms with Gasteiger partial charge in [-0.15, -0.1) is 0 Å². The number of carbonyl (C=O) groups excluding carboxylic acids is 1. The molecule has 3 aromatic rings. The summed E-state index contributed by atoms with van der Waals surface area (Å²) >= 11 is 0. The van der Waals surface area contributed by atoms with Crippen molar-refractivity contribution in [3.63, 3.8) is 0 Å². The molecule has 0 aliphatic heterocycles. The quantitative estimate of drug-likeness (QED) is 0.754. The standard InChI is InChI=1S/C13H8F2N4O/c14-9-2-1-8(4-10(9)15)19-13(20)7-3-11-12(16-5-7)18-6-17-11/h1-6H,(H,19,20)(H,16,17,18). The summed E-state index contributed by atoms with van der Waals surface area (Å²) in [5, 5.41) is 2.46. The van der Waals surface area contributed by atoms with Crippen LogP contribution in [0.25, 0.3) is 11.2 Å². The molecule has 5 nitrogen and oxygen atoms in total. The lowest BCUT2D eigenvalue weighted by Gasteiger charge is -2.05. The third kappa shape index (κ3) is 2.20. The fourth-order valence-electron chi connectivity index (χ4n) is 1.73. The number of aromatic amines is 1. The number of fused-ring (bicyclic) bond motifs is 1. The number of anilines is 1. The highest BCUT2D eigenvalue weighted by Gasteiger charge is 2.10. The molecule has 100 valence electrons. The van der Waals surface area contributed by atoms with E-state index in [4.69, 9.17) is 0 Å². The molecule has 1 amide bonds. The topological polar surface area (TPSA) is 70.7 Å². The summed E-state index contributed by atoms with van der Waals surface area (Å²) in [6.45, 7) is 0. The highest BCUT2D eigenvalue weighted by Crippen LogP contribution is 2.15. The van der Waals surface area contributed by atoms with Crippen LogP contribution in [-0.4, -0.2) is 20.9 Å². The van der Waals surface area contributed by atoms with Crippen molar-refractivity contribution in [3.05, 3.63) is 54.0 Å². The molecule has 0 unspecified atom stereocenters. The Kier molecular flexibility index (Phi) is 2.86. The average molecular weight is 274 g/mol. The maximum absolute atomic E-state index is 13.0. The maximum atomic E-state index is 13.0. The zero-order chi connectivity index (χ0) is 14.1. The molecule has 2 heterocycles. The summed E-state index contributed by atoms with van der Waals surface area (Å²) in [5.74, 6) is -2.46. The van der Waals surface area contributed by atoms with Crippen LogP contribution in [0.3, 0.4) is 0 Å². The van der Waals surface area contributed by atoms with E-state index < -0.39 is 17.5 Å². The van der Waals surface area contributed by atoms with Crippen molar-refractivity contribution >= 4 is 22.8 Å². The van der Waals surface area contributed by atoms with E-state index in [0.717, 1.165) is 12.1 Å². The van der Waals surface area contributed by atoms with Crippen LogP contribution >= 0.6 is 0 Å². The van der Waals surface area contributed by atoms with Gasteiger partial charge in [-0.3, -0.25) is 4.79 Å². The molecule has 0 aliphatic rings. The number of rotatable bonds is 2. The monoisotopic (exact) mass is 274 g/mol. The van der Waals surface area contributed by atoms with Crippen molar-refractivity contribution in [2.45, 2.75) is 0 Å². The number of hydrogen-bond donors (Lipinski definition) is 2. The van der Waals surface area contributed by atoms with E-state index in [1.807, 2.05) is 0 Å². The second-order valence-electron chi connectivity index (χ2n) is 4.08. The largest absolute Gasteiger partial charge is 0.343 e. The summed E-state index contributed by atoms with van der Waals surface area (Å²) in [7, 11) is 0. The molecule has 0 fully saturated rings. The van der Waals surface area contributed by atoms with Crippen LogP contribution in [0, 0.1) is 11.6 Å². The second kappa shape index (κ2) is 4.69. The smallest absolute Gasteiger partial charge is 0.257 e. The molecule has 0 atom stereocenters. The van der Waals surface area contributed by atoms with Gasteiger partial charge in [-0.1, -0.05) is 0 Å². The van der Waals surface area contributed by atoms with Gasteiger partial charge in [0, 0.05) is 18.0 Å². The number of nitrogens with one attached hydrogen (secondary N) is 2. The van der Waals surface area contributed by atoms with Gasteiger partial charge in [0.25, 0.3) is 5.91 Å². The highest BCUT2D eigenvalue weighted by molar-refractivity contribution is 6.05. The van der Waals surface area contributed by atoms with Crippen molar-refractivity contribution in [2.75, 3.05) is 5.32 Å². The molecule has 7 heteroatoms. The van der Waals surface area contributed by atoms with Crippen LogP contribution in [0.2, 0.25) is 0 Å². The summed E-state index contributed by atoms with van der Waals surface area (Å²) in [4.78, 5) is 22.7. The first kappa shape index (κ1) is 12.2. The van der Waals surface area contributed by atoms with E-state index in [2.05, 4.69) is 20.3 Å². The molecular weight excluding hydrogens is 266 g/mol. The third-order valence-corrected chi connectivity index (χ3v) is 2.71. The summed E-state index contributed by atoms with van der Waals surface area (Å²) in [5.41, 5.74) is 1.56. The Morgan fingerprint density at radius 1 is 1.15 bits per heavy atom. The van der Waals surface area contributed by atoms with E-state index >= 15 is 0 Å². The fourth-order valence-corrected chi connectivity index (χ4v) is 1.73. The zero-order valence-corrected chi connectivity index (χ0v) is 10.0. The van der Waals surface area contributed by atoms with Gasteiger partial charge in [-0.2, -0.15) is 0 Å². The predicted molar refractivity (Wildman–Crippen MR) is 68.2 cm³/mol. The Labute approximate surface area is 111 Å². The van der Waals surface area contributed by atoms with Crippen LogP contribution in [0.4, 0.5) is 14.5 Å². The lowest BCUT2D eigenvalue weighted by atomic mass is 10.2. The van der Waals surface area contributed by atoms with Crippen LogP contribution in [-0.2, 0) is 0 Å². The van der Waals surface area contributed by atoms with E-state index in [9.17, 15) is 13.6 Å². The van der Waals surface area contributed by atoms with E-state index in [-0.39, 0.29) is 11.3 Å². The predicted octanol–water partition coefficient (Wildman–Crippen LogP) is 2.49. The van der Waals surface area contributed by atoms with E-state index in [0.29, 0.717) is 11.2 Å². The number of amides is 1. The lowest BCUT2D eigenvalue weighted by molar-refractivity contribution is 0.102. The maximum Gasteiger partial charge on any atom is 0.257 e. The minimum absolute atomic E-state index is 0.165. The average Bonchev–Trinajstić information content (AvgIpc) is 2.90. The fraction of sp³-hybridized carbons (Fsp3) is 0. The first-order chi connectivity index (χ1) is 9.63. The van der Waals surface area contributed by atoms with Crippen molar-refractivity contribution in [1.29, 1.82) is 0 Å². The number of H-pyrrole nitrogens is 1. The number of imidazole rings is 1. The molecule has 2 aromatic heterocycles. The molecule has 3 rings (SSSR count). The molecule has 2 N–H and O–H groups in total. The zero-order valence-electron chi connectivity index (χ0n) is 10.0. The number of benzene rings is 1. The summed E-state index contributed by atoms with van der Waals surface area (Å²) < 4.78 is 25.8. The Morgan fingerprint density at radius 2 is 2.00 bits per heavy atom. The minimum atomic E-state index is -1.02. The first-order valence-electron chi connectivity index (χ1n) is 5.69. The molecule has 0 radical (unpaired) electrons. The van der Waals surface area contributed by atoms with Crippen molar-refractivity contribution in [3.8, 4) is 0 Å². The van der Waals surface area contributed by atoms with Crippen molar-refractivity contribution < 1.29 is 13.6 Å². The molecule has 0 aliphatic carbocycles. The third-order valence-electron chi connectivity index (χ3n) is 2.71. The molecule has 0 spiro atoms. The van der Waals surface area contributed by atoms with Crippen LogP contribution < -0.4 is 5.32 Å². The summed E-state index contributed by atoms with van der Waals surface area (Å²) in [6, 6.07) is 4.71. The molecule has 1 aromatic carbocycles. The van der Waals surface area contributed by atoms with Crippen molar-refractivity contribution in [1.82, 2.24) is 15.0 Å². The molecule has 0 saturated heterocycles. The van der Waals surface area contributed by atoms with Gasteiger partial charge in [-0.25, -0.2) is 18.7 Å². The van der Waals surface area contributed by atoms with Crippen LogP contribution in [0.15, 0.2) is 36.8 Å². The number of aromatic nitrogens is 3. The Morgan fingerprint density at radius 3 is 2.80 bits per heavy atom. The minimum Gasteiger partial charge on any atom is -0.343 e. The van der Waals surface area contributed by atoms with Gasteiger partial charge in [0.2, 0.25) is 0 Å². The lowest BCUT2D eigenvalue weighted by Crippen LogP contribution is -2.12. The molecule has 20 heavy (non-hydrogen) atoms. The Balaban J connectivity index is 1.86. The number of carbonyl (C=O) groups is 1. The SMILES string of the molecule is O=C(Nc1ccc(F)c(F)c1)c1cnc2nc[nH]c2c1. The molecule has 0 saturated carbocycles.